The van der Waals surface area contributed by atoms with Crippen molar-refractivity contribution < 1.29 is 4.79 Å². The number of piperidine rings is 1. The monoisotopic (exact) mass is 347 g/mol. The molecule has 24 heavy (non-hydrogen) atoms. The molecule has 2 atom stereocenters. The maximum absolute atomic E-state index is 12.1. The summed E-state index contributed by atoms with van der Waals surface area (Å²) in [6, 6.07) is 9.55. The minimum atomic E-state index is 0.218. The molecule has 0 N–H and O–H groups in total. The first-order chi connectivity index (χ1) is 11.5. The molecular formula is C19H29N3OS. The SMILES string of the molecule is CSc1ccc(CN2C[C@@H]3CC[C@H]2CN(CC(=O)N(C)C)C3)cc1. The molecule has 4 nitrogen and oxygen atoms in total. The molecule has 1 amide bonds. The van der Waals surface area contributed by atoms with E-state index in [1.807, 2.05) is 14.1 Å². The Kier molecular flexibility index (Phi) is 5.85. The Hall–Kier alpha value is -1.04. The zero-order valence-corrected chi connectivity index (χ0v) is 15.9. The van der Waals surface area contributed by atoms with Crippen molar-refractivity contribution >= 4 is 17.7 Å². The lowest BCUT2D eigenvalue weighted by molar-refractivity contribution is -0.130. The summed E-state index contributed by atoms with van der Waals surface area (Å²) in [5.41, 5.74) is 1.40. The molecule has 4 rings (SSSR count). The summed E-state index contributed by atoms with van der Waals surface area (Å²) in [6.07, 6.45) is 4.69. The molecule has 5 heteroatoms. The third-order valence-electron chi connectivity index (χ3n) is 5.30. The number of benzene rings is 1. The van der Waals surface area contributed by atoms with E-state index in [0.717, 1.165) is 19.6 Å². The van der Waals surface area contributed by atoms with Crippen LogP contribution in [-0.2, 0) is 11.3 Å². The summed E-state index contributed by atoms with van der Waals surface area (Å²) in [5, 5.41) is 0. The van der Waals surface area contributed by atoms with Crippen molar-refractivity contribution in [2.75, 3.05) is 46.5 Å². The quantitative estimate of drug-likeness (QED) is 0.764. The standard InChI is InChI=1S/C19H29N3OS/c1-20(2)19(23)14-21-10-16-4-7-17(13-21)22(12-16)11-15-5-8-18(24-3)9-6-15/h5-6,8-9,16-17H,4,7,10-14H2,1-3H3/t16-,17+/m1/s1. The highest BCUT2D eigenvalue weighted by molar-refractivity contribution is 7.98. The molecule has 0 saturated carbocycles. The van der Waals surface area contributed by atoms with E-state index in [1.54, 1.807) is 16.7 Å². The second-order valence-corrected chi connectivity index (χ2v) is 8.24. The molecule has 0 unspecified atom stereocenters. The fraction of sp³-hybridized carbons (Fsp3) is 0.632. The van der Waals surface area contributed by atoms with Gasteiger partial charge in [0.2, 0.25) is 5.91 Å². The number of fused-ring (bicyclic) bond motifs is 4. The minimum absolute atomic E-state index is 0.218. The van der Waals surface area contributed by atoms with Gasteiger partial charge in [-0.05, 0) is 42.7 Å². The number of carbonyl (C=O) groups is 1. The van der Waals surface area contributed by atoms with Gasteiger partial charge in [0.25, 0.3) is 0 Å². The highest BCUT2D eigenvalue weighted by Crippen LogP contribution is 2.29. The summed E-state index contributed by atoms with van der Waals surface area (Å²) >= 11 is 1.79. The maximum atomic E-state index is 12.1. The zero-order valence-electron chi connectivity index (χ0n) is 15.1. The topological polar surface area (TPSA) is 26.8 Å². The van der Waals surface area contributed by atoms with Crippen molar-refractivity contribution in [3.8, 4) is 0 Å². The normalized spacial score (nSPS) is 24.8. The molecule has 0 spiro atoms. The fourth-order valence-corrected chi connectivity index (χ4v) is 4.31. The lowest BCUT2D eigenvalue weighted by Crippen LogP contribution is -2.44. The molecule has 0 aliphatic carbocycles. The van der Waals surface area contributed by atoms with Gasteiger partial charge in [-0.1, -0.05) is 12.1 Å². The average Bonchev–Trinajstić information content (AvgIpc) is 2.86. The fourth-order valence-electron chi connectivity index (χ4n) is 3.90. The first-order valence-electron chi connectivity index (χ1n) is 8.84. The predicted octanol–water partition coefficient (Wildman–Crippen LogP) is 2.39. The van der Waals surface area contributed by atoms with Crippen LogP contribution in [0, 0.1) is 5.92 Å². The lowest BCUT2D eigenvalue weighted by atomic mass is 9.94. The van der Waals surface area contributed by atoms with E-state index in [1.165, 1.54) is 29.8 Å². The van der Waals surface area contributed by atoms with E-state index < -0.39 is 0 Å². The summed E-state index contributed by atoms with van der Waals surface area (Å²) < 4.78 is 0. The first kappa shape index (κ1) is 17.8. The largest absolute Gasteiger partial charge is 0.348 e. The molecule has 3 aliphatic rings. The minimum Gasteiger partial charge on any atom is -0.348 e. The lowest BCUT2D eigenvalue weighted by Gasteiger charge is -2.36. The number of carbonyl (C=O) groups excluding carboxylic acids is 1. The molecule has 3 heterocycles. The summed E-state index contributed by atoms with van der Waals surface area (Å²) in [7, 11) is 3.69. The molecule has 132 valence electrons. The van der Waals surface area contributed by atoms with E-state index in [-0.39, 0.29) is 5.91 Å². The summed E-state index contributed by atoms with van der Waals surface area (Å²) in [5.74, 6) is 0.916. The van der Waals surface area contributed by atoms with Crippen LogP contribution in [0.3, 0.4) is 0 Å². The van der Waals surface area contributed by atoms with Crippen LogP contribution in [0.15, 0.2) is 29.2 Å². The van der Waals surface area contributed by atoms with Gasteiger partial charge in [0.15, 0.2) is 0 Å². The Bertz CT molecular complexity index is 560. The van der Waals surface area contributed by atoms with Crippen LogP contribution in [0.4, 0.5) is 0 Å². The Morgan fingerprint density at radius 3 is 2.58 bits per heavy atom. The predicted molar refractivity (Wildman–Crippen MR) is 100 cm³/mol. The van der Waals surface area contributed by atoms with Crippen LogP contribution < -0.4 is 0 Å². The molecule has 3 saturated heterocycles. The first-order valence-corrected chi connectivity index (χ1v) is 10.1. The van der Waals surface area contributed by atoms with Crippen molar-refractivity contribution in [2.24, 2.45) is 5.92 Å². The van der Waals surface area contributed by atoms with E-state index in [4.69, 9.17) is 0 Å². The van der Waals surface area contributed by atoms with Crippen LogP contribution in [0.5, 0.6) is 0 Å². The third kappa shape index (κ3) is 4.32. The Morgan fingerprint density at radius 1 is 1.17 bits per heavy atom. The average molecular weight is 348 g/mol. The van der Waals surface area contributed by atoms with Gasteiger partial charge in [-0.2, -0.15) is 0 Å². The van der Waals surface area contributed by atoms with Gasteiger partial charge in [0, 0.05) is 51.2 Å². The summed E-state index contributed by atoms with van der Waals surface area (Å²) in [4.78, 5) is 20.1. The van der Waals surface area contributed by atoms with Gasteiger partial charge in [-0.15, -0.1) is 11.8 Å². The molecule has 1 aromatic rings. The van der Waals surface area contributed by atoms with Crippen LogP contribution in [-0.4, -0.2) is 73.2 Å². The molecule has 1 aromatic carbocycles. The Morgan fingerprint density at radius 2 is 1.92 bits per heavy atom. The van der Waals surface area contributed by atoms with E-state index in [0.29, 0.717) is 18.5 Å². The molecule has 0 aromatic heterocycles. The maximum Gasteiger partial charge on any atom is 0.236 e. The number of likely N-dealkylation sites (N-methyl/N-ethyl adjacent to an activating group) is 1. The number of nitrogens with zero attached hydrogens (tertiary/aromatic N) is 3. The van der Waals surface area contributed by atoms with Crippen molar-refractivity contribution in [3.63, 3.8) is 0 Å². The van der Waals surface area contributed by atoms with Crippen molar-refractivity contribution in [3.05, 3.63) is 29.8 Å². The number of rotatable bonds is 5. The second-order valence-electron chi connectivity index (χ2n) is 7.36. The van der Waals surface area contributed by atoms with Gasteiger partial charge in [0.05, 0.1) is 6.54 Å². The Balaban J connectivity index is 1.63. The Labute approximate surface area is 150 Å². The second kappa shape index (κ2) is 7.89. The number of hydrogen-bond acceptors (Lipinski definition) is 4. The molecule has 0 radical (unpaired) electrons. The molecule has 3 fully saturated rings. The third-order valence-corrected chi connectivity index (χ3v) is 6.05. The van der Waals surface area contributed by atoms with Crippen molar-refractivity contribution in [2.45, 2.75) is 30.3 Å². The van der Waals surface area contributed by atoms with Gasteiger partial charge >= 0.3 is 0 Å². The number of thioether (sulfide) groups is 1. The molecular weight excluding hydrogens is 318 g/mol. The van der Waals surface area contributed by atoms with E-state index in [2.05, 4.69) is 40.3 Å². The molecule has 2 bridgehead atoms. The smallest absolute Gasteiger partial charge is 0.236 e. The van der Waals surface area contributed by atoms with Gasteiger partial charge in [-0.3, -0.25) is 14.6 Å². The van der Waals surface area contributed by atoms with E-state index >= 15 is 0 Å². The van der Waals surface area contributed by atoms with E-state index in [9.17, 15) is 4.79 Å². The number of hydrogen-bond donors (Lipinski definition) is 0. The highest BCUT2D eigenvalue weighted by atomic mass is 32.2. The van der Waals surface area contributed by atoms with Gasteiger partial charge in [-0.25, -0.2) is 0 Å². The van der Waals surface area contributed by atoms with Crippen LogP contribution in [0.1, 0.15) is 18.4 Å². The van der Waals surface area contributed by atoms with Crippen molar-refractivity contribution in [1.29, 1.82) is 0 Å². The summed E-state index contributed by atoms with van der Waals surface area (Å²) in [6.45, 7) is 4.86. The van der Waals surface area contributed by atoms with Crippen LogP contribution in [0.25, 0.3) is 0 Å². The zero-order chi connectivity index (χ0) is 17.1. The van der Waals surface area contributed by atoms with Crippen molar-refractivity contribution in [1.82, 2.24) is 14.7 Å². The number of amides is 1. The van der Waals surface area contributed by atoms with Crippen LogP contribution >= 0.6 is 11.8 Å². The molecule has 3 aliphatic heterocycles. The van der Waals surface area contributed by atoms with Gasteiger partial charge in [0.1, 0.15) is 0 Å². The van der Waals surface area contributed by atoms with Gasteiger partial charge < -0.3 is 4.90 Å². The van der Waals surface area contributed by atoms with Crippen LogP contribution in [0.2, 0.25) is 0 Å². The highest BCUT2D eigenvalue weighted by Gasteiger charge is 2.35.